The minimum atomic E-state index is -5.50. The Kier molecular flexibility index (Phi) is 3.63. The van der Waals surface area contributed by atoms with Crippen molar-refractivity contribution in [2.24, 2.45) is 5.14 Å². The van der Waals surface area contributed by atoms with Crippen LogP contribution < -0.4 is 5.14 Å². The molecular weight excluding hydrogens is 300 g/mol. The summed E-state index contributed by atoms with van der Waals surface area (Å²) in [4.78, 5) is -1.59. The average molecular weight is 307 g/mol. The molecule has 0 unspecified atom stereocenters. The van der Waals surface area contributed by atoms with Gasteiger partial charge in [0.05, 0.1) is 16.0 Å². The zero-order chi connectivity index (χ0) is 15.2. The van der Waals surface area contributed by atoms with E-state index in [4.69, 9.17) is 0 Å². The number of aryl methyl sites for hydroxylation is 1. The van der Waals surface area contributed by atoms with E-state index < -0.39 is 38.4 Å². The SMILES string of the molecule is Cc1cc(C(F)(F)F)c(C(F)(F)F)c(S(N)(=O)=O)c1. The van der Waals surface area contributed by atoms with E-state index in [-0.39, 0.29) is 11.6 Å². The van der Waals surface area contributed by atoms with E-state index in [1.165, 1.54) is 0 Å². The summed E-state index contributed by atoms with van der Waals surface area (Å²) in [6, 6.07) is 0.672. The molecule has 1 rings (SSSR count). The second kappa shape index (κ2) is 4.37. The largest absolute Gasteiger partial charge is 0.418 e. The second-order valence-corrected chi connectivity index (χ2v) is 5.26. The molecule has 2 N–H and O–H groups in total. The molecule has 1 aromatic rings. The monoisotopic (exact) mass is 307 g/mol. The van der Waals surface area contributed by atoms with Crippen LogP contribution in [-0.2, 0) is 22.4 Å². The summed E-state index contributed by atoms with van der Waals surface area (Å²) < 4.78 is 97.9. The molecule has 0 fully saturated rings. The van der Waals surface area contributed by atoms with Crippen LogP contribution in [0.25, 0.3) is 0 Å². The van der Waals surface area contributed by atoms with Gasteiger partial charge in [-0.3, -0.25) is 0 Å². The molecule has 19 heavy (non-hydrogen) atoms. The Morgan fingerprint density at radius 3 is 1.79 bits per heavy atom. The minimum absolute atomic E-state index is 0.220. The van der Waals surface area contributed by atoms with Crippen molar-refractivity contribution < 1.29 is 34.8 Å². The first kappa shape index (κ1) is 15.8. The number of halogens is 6. The van der Waals surface area contributed by atoms with Crippen molar-refractivity contribution in [1.82, 2.24) is 0 Å². The third-order valence-electron chi connectivity index (χ3n) is 2.14. The highest BCUT2D eigenvalue weighted by atomic mass is 32.2. The zero-order valence-electron chi connectivity index (χ0n) is 9.22. The molecule has 1 aromatic carbocycles. The van der Waals surface area contributed by atoms with E-state index in [0.717, 1.165) is 6.92 Å². The van der Waals surface area contributed by atoms with Crippen LogP contribution in [0.4, 0.5) is 26.3 Å². The molecule has 10 heteroatoms. The Labute approximate surface area is 104 Å². The molecule has 0 amide bonds. The first-order chi connectivity index (χ1) is 8.24. The van der Waals surface area contributed by atoms with Crippen molar-refractivity contribution in [3.05, 3.63) is 28.8 Å². The molecule has 0 radical (unpaired) electrons. The number of benzene rings is 1. The van der Waals surface area contributed by atoms with Gasteiger partial charge in [-0.2, -0.15) is 26.3 Å². The van der Waals surface area contributed by atoms with Gasteiger partial charge in [0.15, 0.2) is 0 Å². The third-order valence-corrected chi connectivity index (χ3v) is 3.08. The first-order valence-electron chi connectivity index (χ1n) is 4.56. The number of nitrogens with two attached hydrogens (primary N) is 1. The Balaban J connectivity index is 3.91. The lowest BCUT2D eigenvalue weighted by Gasteiger charge is -2.19. The van der Waals surface area contributed by atoms with Crippen LogP contribution in [0.3, 0.4) is 0 Å². The Morgan fingerprint density at radius 2 is 1.47 bits per heavy atom. The van der Waals surface area contributed by atoms with Gasteiger partial charge in [0.25, 0.3) is 0 Å². The van der Waals surface area contributed by atoms with Crippen molar-refractivity contribution in [2.45, 2.75) is 24.2 Å². The highest BCUT2D eigenvalue weighted by Crippen LogP contribution is 2.43. The molecule has 0 atom stereocenters. The van der Waals surface area contributed by atoms with Crippen LogP contribution in [0.2, 0.25) is 0 Å². The third kappa shape index (κ3) is 3.38. The standard InChI is InChI=1S/C9H7F6NO2S/c1-4-2-5(8(10,11)12)7(9(13,14)15)6(3-4)19(16,17)18/h2-3H,1H3,(H2,16,17,18). The number of alkyl halides is 6. The van der Waals surface area contributed by atoms with E-state index in [1.54, 1.807) is 0 Å². The molecule has 0 aromatic heterocycles. The smallest absolute Gasteiger partial charge is 0.225 e. The lowest BCUT2D eigenvalue weighted by Crippen LogP contribution is -2.24. The maximum absolute atomic E-state index is 12.7. The Morgan fingerprint density at radius 1 is 1.00 bits per heavy atom. The van der Waals surface area contributed by atoms with E-state index in [2.05, 4.69) is 5.14 Å². The van der Waals surface area contributed by atoms with E-state index in [0.29, 0.717) is 6.07 Å². The number of hydrogen-bond acceptors (Lipinski definition) is 2. The molecule has 0 aliphatic rings. The first-order valence-corrected chi connectivity index (χ1v) is 6.11. The fourth-order valence-corrected chi connectivity index (χ4v) is 2.35. The molecule has 0 aliphatic heterocycles. The lowest BCUT2D eigenvalue weighted by molar-refractivity contribution is -0.163. The highest BCUT2D eigenvalue weighted by Gasteiger charge is 2.46. The predicted octanol–water partition coefficient (Wildman–Crippen LogP) is 2.68. The number of rotatable bonds is 1. The molecule has 108 valence electrons. The van der Waals surface area contributed by atoms with Gasteiger partial charge in [-0.15, -0.1) is 0 Å². The molecule has 0 heterocycles. The van der Waals surface area contributed by atoms with Crippen LogP contribution in [0, 0.1) is 6.92 Å². The lowest BCUT2D eigenvalue weighted by atomic mass is 10.0. The normalized spacial score (nSPS) is 13.7. The van der Waals surface area contributed by atoms with E-state index in [1.807, 2.05) is 0 Å². The van der Waals surface area contributed by atoms with Crippen molar-refractivity contribution >= 4 is 10.0 Å². The van der Waals surface area contributed by atoms with Crippen molar-refractivity contribution in [2.75, 3.05) is 0 Å². The van der Waals surface area contributed by atoms with Gasteiger partial charge >= 0.3 is 12.4 Å². The van der Waals surface area contributed by atoms with Crippen LogP contribution in [0.15, 0.2) is 17.0 Å². The van der Waals surface area contributed by atoms with Crippen LogP contribution in [0.1, 0.15) is 16.7 Å². The van der Waals surface area contributed by atoms with Gasteiger partial charge in [-0.25, -0.2) is 13.6 Å². The second-order valence-electron chi connectivity index (χ2n) is 3.73. The maximum Gasteiger partial charge on any atom is 0.418 e. The summed E-state index contributed by atoms with van der Waals surface area (Å²) in [5, 5.41) is 4.54. The van der Waals surface area contributed by atoms with Crippen molar-refractivity contribution in [1.29, 1.82) is 0 Å². The summed E-state index contributed by atoms with van der Waals surface area (Å²) in [6.45, 7) is 1.03. The summed E-state index contributed by atoms with van der Waals surface area (Å²) in [7, 11) is -4.94. The highest BCUT2D eigenvalue weighted by molar-refractivity contribution is 7.89. The summed E-state index contributed by atoms with van der Waals surface area (Å²) in [5.41, 5.74) is -4.68. The number of sulfonamides is 1. The summed E-state index contributed by atoms with van der Waals surface area (Å²) >= 11 is 0. The van der Waals surface area contributed by atoms with Crippen LogP contribution in [-0.4, -0.2) is 8.42 Å². The van der Waals surface area contributed by atoms with Gasteiger partial charge in [0.1, 0.15) is 0 Å². The summed E-state index contributed by atoms with van der Waals surface area (Å²) in [6.07, 6.45) is -10.9. The van der Waals surface area contributed by atoms with E-state index in [9.17, 15) is 34.8 Å². The average Bonchev–Trinajstić information content (AvgIpc) is 2.11. The molecule has 0 spiro atoms. The molecule has 0 bridgehead atoms. The fraction of sp³-hybridized carbons (Fsp3) is 0.333. The van der Waals surface area contributed by atoms with Gasteiger partial charge < -0.3 is 0 Å². The predicted molar refractivity (Wildman–Crippen MR) is 52.6 cm³/mol. The van der Waals surface area contributed by atoms with Gasteiger partial charge in [-0.1, -0.05) is 0 Å². The van der Waals surface area contributed by atoms with Crippen LogP contribution in [0.5, 0.6) is 0 Å². The minimum Gasteiger partial charge on any atom is -0.225 e. The summed E-state index contributed by atoms with van der Waals surface area (Å²) in [5.74, 6) is 0. The molecular formula is C9H7F6NO2S. The Hall–Kier alpha value is -1.29. The van der Waals surface area contributed by atoms with Crippen LogP contribution >= 0.6 is 0 Å². The van der Waals surface area contributed by atoms with E-state index >= 15 is 0 Å². The fourth-order valence-electron chi connectivity index (χ4n) is 1.49. The number of primary sulfonamides is 1. The van der Waals surface area contributed by atoms with Crippen molar-refractivity contribution in [3.8, 4) is 0 Å². The van der Waals surface area contributed by atoms with Gasteiger partial charge in [0.2, 0.25) is 10.0 Å². The molecule has 0 saturated carbocycles. The number of hydrogen-bond donors (Lipinski definition) is 1. The van der Waals surface area contributed by atoms with Gasteiger partial charge in [0, 0.05) is 0 Å². The molecule has 0 saturated heterocycles. The Bertz CT molecular complexity index is 602. The molecule has 0 aliphatic carbocycles. The van der Waals surface area contributed by atoms with Crippen molar-refractivity contribution in [3.63, 3.8) is 0 Å². The maximum atomic E-state index is 12.7. The van der Waals surface area contributed by atoms with Gasteiger partial charge in [-0.05, 0) is 24.6 Å². The quantitative estimate of drug-likeness (QED) is 0.811. The topological polar surface area (TPSA) is 60.2 Å². The zero-order valence-corrected chi connectivity index (χ0v) is 10.0. The molecule has 3 nitrogen and oxygen atoms in total.